The monoisotopic (exact) mass is 421 g/mol. The number of hydrogen-bond acceptors (Lipinski definition) is 4. The van der Waals surface area contributed by atoms with Gasteiger partial charge in [0.2, 0.25) is 0 Å². The molecule has 0 aliphatic carbocycles. The van der Waals surface area contributed by atoms with E-state index in [4.69, 9.17) is 9.47 Å². The van der Waals surface area contributed by atoms with Gasteiger partial charge in [-0.1, -0.05) is 26.0 Å². The molecule has 0 fully saturated rings. The van der Waals surface area contributed by atoms with Crippen LogP contribution in [0.1, 0.15) is 53.1 Å². The number of aromatic nitrogens is 1. The predicted octanol–water partition coefficient (Wildman–Crippen LogP) is 6.75. The SMILES string of the molecule is CC.COc1ccc2c(c1)c(C#N)c(-c1ccc(NC(=O)OC(C)C)cc1)n2C(C)C. The first-order valence-electron chi connectivity index (χ1n) is 10.6. The third-order valence-electron chi connectivity index (χ3n) is 4.59. The first-order chi connectivity index (χ1) is 14.8. The van der Waals surface area contributed by atoms with E-state index in [0.29, 0.717) is 17.0 Å². The molecule has 0 spiro atoms. The van der Waals surface area contributed by atoms with Gasteiger partial charge in [-0.3, -0.25) is 5.32 Å². The summed E-state index contributed by atoms with van der Waals surface area (Å²) in [7, 11) is 1.61. The second-order valence-corrected chi connectivity index (χ2v) is 7.34. The Morgan fingerprint density at radius 3 is 2.23 bits per heavy atom. The Hall–Kier alpha value is -3.46. The van der Waals surface area contributed by atoms with Crippen molar-refractivity contribution >= 4 is 22.7 Å². The van der Waals surface area contributed by atoms with Gasteiger partial charge in [0, 0.05) is 17.1 Å². The number of fused-ring (bicyclic) bond motifs is 1. The van der Waals surface area contributed by atoms with Crippen molar-refractivity contribution in [3.8, 4) is 23.1 Å². The van der Waals surface area contributed by atoms with E-state index >= 15 is 0 Å². The van der Waals surface area contributed by atoms with Gasteiger partial charge >= 0.3 is 6.09 Å². The highest BCUT2D eigenvalue weighted by Crippen LogP contribution is 2.37. The van der Waals surface area contributed by atoms with Crippen molar-refractivity contribution < 1.29 is 14.3 Å². The zero-order valence-corrected chi connectivity index (χ0v) is 19.3. The van der Waals surface area contributed by atoms with Crippen molar-refractivity contribution in [2.24, 2.45) is 0 Å². The molecule has 3 rings (SSSR count). The number of amides is 1. The lowest BCUT2D eigenvalue weighted by Gasteiger charge is -2.16. The highest BCUT2D eigenvalue weighted by Gasteiger charge is 2.21. The molecule has 1 N–H and O–H groups in total. The zero-order chi connectivity index (χ0) is 23.1. The van der Waals surface area contributed by atoms with E-state index < -0.39 is 6.09 Å². The van der Waals surface area contributed by atoms with Gasteiger partial charge in [0.15, 0.2) is 0 Å². The van der Waals surface area contributed by atoms with E-state index in [9.17, 15) is 10.1 Å². The maximum Gasteiger partial charge on any atom is 0.411 e. The minimum atomic E-state index is -0.492. The summed E-state index contributed by atoms with van der Waals surface area (Å²) in [5.41, 5.74) is 3.96. The first kappa shape index (κ1) is 23.8. The quantitative estimate of drug-likeness (QED) is 0.494. The average molecular weight is 422 g/mol. The van der Waals surface area contributed by atoms with Crippen LogP contribution >= 0.6 is 0 Å². The van der Waals surface area contributed by atoms with Gasteiger partial charge in [-0.2, -0.15) is 5.26 Å². The Labute approximate surface area is 184 Å². The van der Waals surface area contributed by atoms with Crippen LogP contribution < -0.4 is 10.1 Å². The lowest BCUT2D eigenvalue weighted by molar-refractivity contribution is 0.130. The highest BCUT2D eigenvalue weighted by molar-refractivity contribution is 5.96. The predicted molar refractivity (Wildman–Crippen MR) is 126 cm³/mol. The van der Waals surface area contributed by atoms with Crippen LogP contribution in [0, 0.1) is 11.3 Å². The van der Waals surface area contributed by atoms with Gasteiger partial charge in [-0.05, 0) is 63.6 Å². The molecule has 0 bridgehead atoms. The standard InChI is InChI=1S/C23H25N3O3.C2H6/c1-14(2)26-21-11-10-18(28-5)12-19(21)20(13-24)22(26)16-6-8-17(9-7-16)25-23(27)29-15(3)4;1-2/h6-12,14-15H,1-5H3,(H,25,27);1-2H3. The summed E-state index contributed by atoms with van der Waals surface area (Å²) in [4.78, 5) is 11.8. The van der Waals surface area contributed by atoms with Crippen molar-refractivity contribution in [2.75, 3.05) is 12.4 Å². The van der Waals surface area contributed by atoms with E-state index in [1.165, 1.54) is 0 Å². The van der Waals surface area contributed by atoms with Crippen LogP contribution in [0.5, 0.6) is 5.75 Å². The summed E-state index contributed by atoms with van der Waals surface area (Å²) in [6.07, 6.45) is -0.681. The number of methoxy groups -OCH3 is 1. The normalized spacial score (nSPS) is 10.5. The molecule has 0 unspecified atom stereocenters. The van der Waals surface area contributed by atoms with Crippen LogP contribution in [0.25, 0.3) is 22.2 Å². The molecule has 0 atom stereocenters. The summed E-state index contributed by atoms with van der Waals surface area (Å²) < 4.78 is 12.6. The molecule has 1 heterocycles. The lowest BCUT2D eigenvalue weighted by Crippen LogP contribution is -2.17. The smallest absolute Gasteiger partial charge is 0.411 e. The molecule has 0 aliphatic heterocycles. The second-order valence-electron chi connectivity index (χ2n) is 7.34. The third-order valence-corrected chi connectivity index (χ3v) is 4.59. The van der Waals surface area contributed by atoms with Crippen molar-refractivity contribution in [1.29, 1.82) is 5.26 Å². The van der Waals surface area contributed by atoms with Gasteiger partial charge in [0.25, 0.3) is 0 Å². The van der Waals surface area contributed by atoms with Gasteiger partial charge in [-0.25, -0.2) is 4.79 Å². The average Bonchev–Trinajstić information content (AvgIpc) is 3.08. The van der Waals surface area contributed by atoms with Crippen LogP contribution in [0.15, 0.2) is 42.5 Å². The number of nitrogens with one attached hydrogen (secondary N) is 1. The number of carbonyl (C=O) groups is 1. The van der Waals surface area contributed by atoms with Crippen LogP contribution in [-0.4, -0.2) is 23.9 Å². The minimum absolute atomic E-state index is 0.154. The van der Waals surface area contributed by atoms with E-state index in [1.807, 2.05) is 44.2 Å². The van der Waals surface area contributed by atoms with Crippen molar-refractivity contribution in [3.05, 3.63) is 48.0 Å². The summed E-state index contributed by atoms with van der Waals surface area (Å²) >= 11 is 0. The Bertz CT molecular complexity index is 1070. The maximum atomic E-state index is 11.8. The molecule has 0 aliphatic rings. The van der Waals surface area contributed by atoms with E-state index in [2.05, 4.69) is 29.8 Å². The number of anilines is 1. The topological polar surface area (TPSA) is 76.3 Å². The largest absolute Gasteiger partial charge is 0.497 e. The molecule has 1 aromatic heterocycles. The molecule has 6 nitrogen and oxygen atoms in total. The second kappa shape index (κ2) is 10.5. The summed E-state index contributed by atoms with van der Waals surface area (Å²) in [6, 6.07) is 15.7. The van der Waals surface area contributed by atoms with Crippen LogP contribution in [0.2, 0.25) is 0 Å². The highest BCUT2D eigenvalue weighted by atomic mass is 16.6. The molecule has 164 valence electrons. The van der Waals surface area contributed by atoms with Gasteiger partial charge in [0.1, 0.15) is 11.8 Å². The summed E-state index contributed by atoms with van der Waals surface area (Å²) in [5, 5.41) is 13.5. The van der Waals surface area contributed by atoms with Crippen LogP contribution in [0.3, 0.4) is 0 Å². The number of nitriles is 1. The molecule has 3 aromatic rings. The van der Waals surface area contributed by atoms with Gasteiger partial charge in [-0.15, -0.1) is 0 Å². The Morgan fingerprint density at radius 1 is 1.06 bits per heavy atom. The maximum absolute atomic E-state index is 11.8. The number of carbonyl (C=O) groups excluding carboxylic acids is 1. The molecule has 31 heavy (non-hydrogen) atoms. The molecule has 0 saturated heterocycles. The molecule has 0 saturated carbocycles. The van der Waals surface area contributed by atoms with Crippen molar-refractivity contribution in [2.45, 2.75) is 53.7 Å². The number of ether oxygens (including phenoxy) is 2. The first-order valence-corrected chi connectivity index (χ1v) is 10.6. The summed E-state index contributed by atoms with van der Waals surface area (Å²) in [6.45, 7) is 11.8. The molecule has 2 aromatic carbocycles. The molecule has 6 heteroatoms. The van der Waals surface area contributed by atoms with Gasteiger partial charge < -0.3 is 14.0 Å². The van der Waals surface area contributed by atoms with Crippen molar-refractivity contribution in [1.82, 2.24) is 4.57 Å². The Balaban J connectivity index is 0.00000166. The van der Waals surface area contributed by atoms with Gasteiger partial charge in [0.05, 0.1) is 30.0 Å². The number of benzene rings is 2. The van der Waals surface area contributed by atoms with E-state index in [-0.39, 0.29) is 12.1 Å². The number of hydrogen-bond donors (Lipinski definition) is 1. The number of rotatable bonds is 5. The van der Waals surface area contributed by atoms with Crippen LogP contribution in [-0.2, 0) is 4.74 Å². The number of nitrogens with zero attached hydrogens (tertiary/aromatic N) is 2. The Kier molecular flexibility index (Phi) is 8.09. The molecular weight excluding hydrogens is 390 g/mol. The Morgan fingerprint density at radius 2 is 1.71 bits per heavy atom. The molecule has 1 amide bonds. The molecular formula is C25H31N3O3. The summed E-state index contributed by atoms with van der Waals surface area (Å²) in [5.74, 6) is 0.713. The van der Waals surface area contributed by atoms with Crippen LogP contribution in [0.4, 0.5) is 10.5 Å². The van der Waals surface area contributed by atoms with E-state index in [0.717, 1.165) is 22.2 Å². The van der Waals surface area contributed by atoms with E-state index in [1.54, 1.807) is 33.1 Å². The fourth-order valence-corrected chi connectivity index (χ4v) is 3.43. The zero-order valence-electron chi connectivity index (χ0n) is 19.3. The molecule has 0 radical (unpaired) electrons. The van der Waals surface area contributed by atoms with Crippen molar-refractivity contribution in [3.63, 3.8) is 0 Å². The fourth-order valence-electron chi connectivity index (χ4n) is 3.43. The third kappa shape index (κ3) is 5.18. The lowest BCUT2D eigenvalue weighted by atomic mass is 10.1. The minimum Gasteiger partial charge on any atom is -0.497 e. The fraction of sp³-hybridized carbons (Fsp3) is 0.360.